The van der Waals surface area contributed by atoms with Crippen molar-refractivity contribution in [1.82, 2.24) is 0 Å². The molecule has 2 aromatic carbocycles. The second-order valence-electron chi connectivity index (χ2n) is 9.63. The highest BCUT2D eigenvalue weighted by atomic mass is 28.3. The highest BCUT2D eigenvalue weighted by Gasteiger charge is 2.47. The van der Waals surface area contributed by atoms with E-state index in [1.807, 2.05) is 60.7 Å². The Hall–Kier alpha value is -2.87. The molecule has 1 heterocycles. The van der Waals surface area contributed by atoms with Crippen LogP contribution < -0.4 is 0 Å². The van der Waals surface area contributed by atoms with Crippen molar-refractivity contribution in [2.45, 2.75) is 64.2 Å². The van der Waals surface area contributed by atoms with E-state index in [2.05, 4.69) is 37.0 Å². The van der Waals surface area contributed by atoms with Crippen molar-refractivity contribution in [2.75, 3.05) is 6.61 Å². The Balaban J connectivity index is 1.93. The van der Waals surface area contributed by atoms with E-state index in [-0.39, 0.29) is 6.61 Å². The summed E-state index contributed by atoms with van der Waals surface area (Å²) >= 11 is 0. The highest BCUT2D eigenvalue weighted by Crippen LogP contribution is 2.32. The van der Waals surface area contributed by atoms with Crippen LogP contribution in [0, 0.1) is 29.7 Å². The van der Waals surface area contributed by atoms with Crippen LogP contribution in [-0.4, -0.2) is 45.1 Å². The first-order valence-electron chi connectivity index (χ1n) is 11.9. The molecule has 0 radical (unpaired) electrons. The number of hydrogen-bond acceptors (Lipinski definition) is 5. The lowest BCUT2D eigenvalue weighted by molar-refractivity contribution is -0.217. The van der Waals surface area contributed by atoms with Gasteiger partial charge in [0.25, 0.3) is 0 Å². The van der Waals surface area contributed by atoms with Crippen molar-refractivity contribution in [3.05, 3.63) is 71.8 Å². The SMILES string of the molecule is C#C[C@H]1[C@H](OCc2ccccc2)[C@@H](OCc2ccccc2)[C@@H](C#C[Si](C)(C)C)O[C@@H]1COC(C)=O. The van der Waals surface area contributed by atoms with E-state index in [1.165, 1.54) is 6.92 Å². The molecule has 0 aromatic heterocycles. The predicted molar refractivity (Wildman–Crippen MR) is 139 cm³/mol. The van der Waals surface area contributed by atoms with Gasteiger partial charge in [-0.1, -0.05) is 92.1 Å². The zero-order valence-electron chi connectivity index (χ0n) is 20.9. The van der Waals surface area contributed by atoms with Gasteiger partial charge in [0, 0.05) is 6.92 Å². The fraction of sp³-hybridized carbons (Fsp3) is 0.414. The molecule has 1 aliphatic rings. The summed E-state index contributed by atoms with van der Waals surface area (Å²) in [5.74, 6) is 5.27. The number of terminal acetylenes is 1. The Bertz CT molecular complexity index is 1050. The van der Waals surface area contributed by atoms with Gasteiger partial charge in [0.2, 0.25) is 0 Å². The Morgan fingerprint density at radius 2 is 1.49 bits per heavy atom. The Morgan fingerprint density at radius 3 is 1.97 bits per heavy atom. The third-order valence-corrected chi connectivity index (χ3v) is 6.40. The normalized spacial score (nSPS) is 24.0. The molecular formula is C29H34O5Si. The number of ether oxygens (including phenoxy) is 4. The van der Waals surface area contributed by atoms with Crippen molar-refractivity contribution in [2.24, 2.45) is 5.92 Å². The van der Waals surface area contributed by atoms with Crippen LogP contribution in [0.2, 0.25) is 19.6 Å². The summed E-state index contributed by atoms with van der Waals surface area (Å²) in [5, 5.41) is 0. The molecule has 6 heteroatoms. The van der Waals surface area contributed by atoms with Crippen molar-refractivity contribution in [3.8, 4) is 23.8 Å². The average molecular weight is 491 g/mol. The Morgan fingerprint density at radius 1 is 0.943 bits per heavy atom. The molecule has 184 valence electrons. The Kier molecular flexibility index (Phi) is 9.71. The van der Waals surface area contributed by atoms with Crippen molar-refractivity contribution in [1.29, 1.82) is 0 Å². The maximum Gasteiger partial charge on any atom is 0.302 e. The average Bonchev–Trinajstić information content (AvgIpc) is 2.84. The number of esters is 1. The van der Waals surface area contributed by atoms with E-state index in [4.69, 9.17) is 25.4 Å². The van der Waals surface area contributed by atoms with E-state index >= 15 is 0 Å². The van der Waals surface area contributed by atoms with Crippen LogP contribution in [0.25, 0.3) is 0 Å². The molecule has 1 aliphatic heterocycles. The fourth-order valence-corrected chi connectivity index (χ4v) is 4.38. The molecule has 0 spiro atoms. The minimum atomic E-state index is -1.70. The van der Waals surface area contributed by atoms with E-state index in [0.29, 0.717) is 13.2 Å². The molecule has 0 unspecified atom stereocenters. The maximum atomic E-state index is 11.5. The van der Waals surface area contributed by atoms with Crippen LogP contribution in [0.3, 0.4) is 0 Å². The molecule has 0 N–H and O–H groups in total. The summed E-state index contributed by atoms with van der Waals surface area (Å²) in [4.78, 5) is 11.5. The van der Waals surface area contributed by atoms with Crippen molar-refractivity contribution < 1.29 is 23.7 Å². The number of benzene rings is 2. The van der Waals surface area contributed by atoms with Gasteiger partial charge in [-0.25, -0.2) is 0 Å². The number of carbonyl (C=O) groups excluding carboxylic acids is 1. The maximum absolute atomic E-state index is 11.5. The number of carbonyl (C=O) groups is 1. The summed E-state index contributed by atoms with van der Waals surface area (Å²) in [6.45, 7) is 8.66. The third kappa shape index (κ3) is 8.38. The molecule has 2 aromatic rings. The van der Waals surface area contributed by atoms with Crippen LogP contribution in [0.5, 0.6) is 0 Å². The van der Waals surface area contributed by atoms with E-state index in [9.17, 15) is 4.79 Å². The summed E-state index contributed by atoms with van der Waals surface area (Å²) in [6.07, 6.45) is 3.84. The first-order chi connectivity index (χ1) is 16.8. The number of hydrogen-bond donors (Lipinski definition) is 0. The monoisotopic (exact) mass is 490 g/mol. The summed E-state index contributed by atoms with van der Waals surface area (Å²) in [5.41, 5.74) is 5.46. The van der Waals surface area contributed by atoms with Gasteiger partial charge < -0.3 is 18.9 Å². The van der Waals surface area contributed by atoms with Gasteiger partial charge in [-0.15, -0.1) is 12.0 Å². The molecule has 35 heavy (non-hydrogen) atoms. The van der Waals surface area contributed by atoms with Gasteiger partial charge in [-0.3, -0.25) is 4.79 Å². The first kappa shape index (κ1) is 26.7. The molecule has 0 aliphatic carbocycles. The molecule has 0 saturated carbocycles. The summed E-state index contributed by atoms with van der Waals surface area (Å²) in [6, 6.07) is 19.8. The van der Waals surface area contributed by atoms with Crippen LogP contribution in [0.4, 0.5) is 0 Å². The quantitative estimate of drug-likeness (QED) is 0.307. The van der Waals surface area contributed by atoms with E-state index in [0.717, 1.165) is 11.1 Å². The van der Waals surface area contributed by atoms with Crippen molar-refractivity contribution >= 4 is 14.0 Å². The summed E-state index contributed by atoms with van der Waals surface area (Å²) < 4.78 is 24.5. The first-order valence-corrected chi connectivity index (χ1v) is 15.4. The fourth-order valence-electron chi connectivity index (χ4n) is 3.80. The minimum Gasteiger partial charge on any atom is -0.463 e. The van der Waals surface area contributed by atoms with Gasteiger partial charge in [0.1, 0.15) is 39.1 Å². The van der Waals surface area contributed by atoms with Crippen LogP contribution >= 0.6 is 0 Å². The van der Waals surface area contributed by atoms with Crippen LogP contribution in [0.15, 0.2) is 60.7 Å². The largest absolute Gasteiger partial charge is 0.463 e. The zero-order chi connectivity index (χ0) is 25.3. The van der Waals surface area contributed by atoms with Gasteiger partial charge in [-0.05, 0) is 11.1 Å². The summed E-state index contributed by atoms with van der Waals surface area (Å²) in [7, 11) is -1.70. The molecule has 1 fully saturated rings. The molecule has 0 amide bonds. The van der Waals surface area contributed by atoms with E-state index in [1.54, 1.807) is 0 Å². The second kappa shape index (κ2) is 12.7. The topological polar surface area (TPSA) is 54.0 Å². The highest BCUT2D eigenvalue weighted by molar-refractivity contribution is 6.83. The lowest BCUT2D eigenvalue weighted by Crippen LogP contribution is -2.57. The smallest absolute Gasteiger partial charge is 0.302 e. The second-order valence-corrected chi connectivity index (χ2v) is 14.4. The van der Waals surface area contributed by atoms with Crippen molar-refractivity contribution in [3.63, 3.8) is 0 Å². The zero-order valence-corrected chi connectivity index (χ0v) is 21.9. The lowest BCUT2D eigenvalue weighted by atomic mass is 9.87. The predicted octanol–water partition coefficient (Wildman–Crippen LogP) is 4.62. The van der Waals surface area contributed by atoms with Crippen LogP contribution in [-0.2, 0) is 37.0 Å². The van der Waals surface area contributed by atoms with Gasteiger partial charge in [-0.2, -0.15) is 0 Å². The lowest BCUT2D eigenvalue weighted by Gasteiger charge is -2.43. The van der Waals surface area contributed by atoms with Gasteiger partial charge in [0.05, 0.1) is 19.1 Å². The molecule has 5 atom stereocenters. The standard InChI is InChI=1S/C29H34O5Si/c1-6-25-27(21-31-22(2)30)34-26(17-18-35(3,4)5)29(33-20-24-15-11-8-12-16-24)28(25)32-19-23-13-9-7-10-14-23/h1,7-16,25-29H,19-21H2,2-5H3/t25-,26-,27-,28+,29+/m1/s1. The van der Waals surface area contributed by atoms with E-state index < -0.39 is 44.4 Å². The molecule has 5 nitrogen and oxygen atoms in total. The van der Waals surface area contributed by atoms with Gasteiger partial charge >= 0.3 is 5.97 Å². The minimum absolute atomic E-state index is 0.0337. The third-order valence-electron chi connectivity index (χ3n) is 5.50. The van der Waals surface area contributed by atoms with Gasteiger partial charge in [0.15, 0.2) is 0 Å². The van der Waals surface area contributed by atoms with Crippen LogP contribution in [0.1, 0.15) is 18.1 Å². The molecule has 1 saturated heterocycles. The Labute approximate surface area is 210 Å². The molecular weight excluding hydrogens is 456 g/mol. The molecule has 3 rings (SSSR count). The molecule has 0 bridgehead atoms. The number of rotatable bonds is 8.